The lowest BCUT2D eigenvalue weighted by Gasteiger charge is -2.26. The van der Waals surface area contributed by atoms with Crippen molar-refractivity contribution in [2.75, 3.05) is 10.8 Å². The minimum absolute atomic E-state index is 0.0632. The molecule has 3 aromatic rings. The van der Waals surface area contributed by atoms with Gasteiger partial charge in [-0.05, 0) is 38.0 Å². The van der Waals surface area contributed by atoms with Crippen LogP contribution in [-0.2, 0) is 23.5 Å². The van der Waals surface area contributed by atoms with Crippen LogP contribution in [0.3, 0.4) is 0 Å². The van der Waals surface area contributed by atoms with Gasteiger partial charge in [0.2, 0.25) is 0 Å². The molecule has 1 aromatic heterocycles. The van der Waals surface area contributed by atoms with Crippen molar-refractivity contribution in [3.8, 4) is 0 Å². The van der Waals surface area contributed by atoms with Crippen LogP contribution >= 0.6 is 39.1 Å². The Balaban J connectivity index is 2.14. The van der Waals surface area contributed by atoms with Crippen molar-refractivity contribution in [2.45, 2.75) is 25.2 Å². The summed E-state index contributed by atoms with van der Waals surface area (Å²) in [6.07, 6.45) is 0.527. The average molecular weight is 517 g/mol. The summed E-state index contributed by atoms with van der Waals surface area (Å²) in [5, 5.41) is 4.52. The maximum atomic E-state index is 13.7. The molecule has 0 N–H and O–H groups in total. The van der Waals surface area contributed by atoms with E-state index in [2.05, 4.69) is 21.0 Å². The van der Waals surface area contributed by atoms with E-state index in [1.165, 1.54) is 16.4 Å². The molecule has 5 nitrogen and oxygen atoms in total. The highest BCUT2D eigenvalue weighted by Gasteiger charge is 2.33. The average Bonchev–Trinajstić information content (AvgIpc) is 2.87. The van der Waals surface area contributed by atoms with E-state index < -0.39 is 10.0 Å². The molecular formula is C20H20BrCl2N3O2S. The smallest absolute Gasteiger partial charge is 0.267 e. The second kappa shape index (κ2) is 8.68. The molecule has 0 unspecified atom stereocenters. The van der Waals surface area contributed by atoms with E-state index in [1.54, 1.807) is 18.7 Å². The third kappa shape index (κ3) is 4.48. The summed E-state index contributed by atoms with van der Waals surface area (Å²) >= 11 is 15.9. The number of sulfonamides is 1. The molecule has 0 amide bonds. The zero-order valence-electron chi connectivity index (χ0n) is 16.2. The zero-order valence-corrected chi connectivity index (χ0v) is 20.1. The normalized spacial score (nSPS) is 11.7. The highest BCUT2D eigenvalue weighted by Crippen LogP contribution is 2.38. The molecule has 3 rings (SSSR count). The molecule has 0 atom stereocenters. The number of anilines is 1. The van der Waals surface area contributed by atoms with Crippen LogP contribution in [0.4, 0.5) is 5.69 Å². The lowest BCUT2D eigenvalue weighted by atomic mass is 10.1. The van der Waals surface area contributed by atoms with Crippen LogP contribution < -0.4 is 4.31 Å². The predicted molar refractivity (Wildman–Crippen MR) is 122 cm³/mol. The first kappa shape index (κ1) is 22.2. The third-order valence-electron chi connectivity index (χ3n) is 4.68. The van der Waals surface area contributed by atoms with Crippen LogP contribution in [0.25, 0.3) is 0 Å². The molecule has 0 saturated carbocycles. The van der Waals surface area contributed by atoms with Gasteiger partial charge in [0, 0.05) is 18.1 Å². The SMILES string of the molecule is Cc1nn(C)c(C)c1N(CCc1ccccc1)S(=O)(=O)c1c(Cl)cc(Br)cc1Cl. The number of hydrogen-bond acceptors (Lipinski definition) is 3. The summed E-state index contributed by atoms with van der Waals surface area (Å²) in [7, 11) is -2.25. The van der Waals surface area contributed by atoms with Crippen molar-refractivity contribution in [1.82, 2.24) is 9.78 Å². The van der Waals surface area contributed by atoms with Crippen LogP contribution in [0.1, 0.15) is 17.0 Å². The molecule has 1 heterocycles. The van der Waals surface area contributed by atoms with Crippen LogP contribution in [0.15, 0.2) is 51.8 Å². The van der Waals surface area contributed by atoms with E-state index in [1.807, 2.05) is 37.3 Å². The summed E-state index contributed by atoms with van der Waals surface area (Å²) in [6, 6.07) is 12.8. The van der Waals surface area contributed by atoms with Gasteiger partial charge in [0.05, 0.1) is 27.1 Å². The van der Waals surface area contributed by atoms with Crippen molar-refractivity contribution in [3.05, 3.63) is 73.9 Å². The molecule has 0 radical (unpaired) electrons. The van der Waals surface area contributed by atoms with Gasteiger partial charge in [-0.25, -0.2) is 8.42 Å². The number of rotatable bonds is 6. The fraction of sp³-hybridized carbons (Fsp3) is 0.250. The number of nitrogens with zero attached hydrogens (tertiary/aromatic N) is 3. The topological polar surface area (TPSA) is 55.2 Å². The molecule has 0 aliphatic heterocycles. The van der Waals surface area contributed by atoms with E-state index in [0.717, 1.165) is 11.3 Å². The van der Waals surface area contributed by atoms with Crippen molar-refractivity contribution in [2.24, 2.45) is 7.05 Å². The maximum absolute atomic E-state index is 13.7. The van der Waals surface area contributed by atoms with Crippen molar-refractivity contribution in [3.63, 3.8) is 0 Å². The minimum Gasteiger partial charge on any atom is -0.270 e. The molecule has 29 heavy (non-hydrogen) atoms. The number of benzene rings is 2. The Morgan fingerprint density at radius 2 is 1.69 bits per heavy atom. The Hall–Kier alpha value is -1.54. The molecule has 0 aliphatic carbocycles. The van der Waals surface area contributed by atoms with E-state index in [4.69, 9.17) is 23.2 Å². The van der Waals surface area contributed by atoms with Gasteiger partial charge in [0.25, 0.3) is 10.0 Å². The number of halogens is 3. The standard InChI is InChI=1S/C20H20BrCl2N3O2S/c1-13-19(14(2)25(3)24-13)26(10-9-15-7-5-4-6-8-15)29(27,28)20-17(22)11-16(21)12-18(20)23/h4-8,11-12H,9-10H2,1-3H3. The van der Waals surface area contributed by atoms with E-state index in [-0.39, 0.29) is 21.5 Å². The molecule has 0 spiro atoms. The molecular weight excluding hydrogens is 497 g/mol. The van der Waals surface area contributed by atoms with Gasteiger partial charge < -0.3 is 0 Å². The van der Waals surface area contributed by atoms with Gasteiger partial charge in [-0.15, -0.1) is 0 Å². The molecule has 0 fully saturated rings. The third-order valence-corrected chi connectivity index (χ3v) is 7.86. The molecule has 0 bridgehead atoms. The summed E-state index contributed by atoms with van der Waals surface area (Å²) in [6.45, 7) is 3.85. The van der Waals surface area contributed by atoms with Crippen molar-refractivity contribution >= 4 is 54.8 Å². The summed E-state index contributed by atoms with van der Waals surface area (Å²) in [4.78, 5) is -0.111. The maximum Gasteiger partial charge on any atom is 0.267 e. The largest absolute Gasteiger partial charge is 0.270 e. The second-order valence-electron chi connectivity index (χ2n) is 6.65. The van der Waals surface area contributed by atoms with Gasteiger partial charge >= 0.3 is 0 Å². The van der Waals surface area contributed by atoms with E-state index in [0.29, 0.717) is 22.3 Å². The van der Waals surface area contributed by atoms with Crippen LogP contribution in [0, 0.1) is 13.8 Å². The number of hydrogen-bond donors (Lipinski definition) is 0. The fourth-order valence-electron chi connectivity index (χ4n) is 3.24. The first-order valence-electron chi connectivity index (χ1n) is 8.84. The molecule has 0 saturated heterocycles. The second-order valence-corrected chi connectivity index (χ2v) is 10.2. The van der Waals surface area contributed by atoms with Crippen molar-refractivity contribution < 1.29 is 8.42 Å². The highest BCUT2D eigenvalue weighted by molar-refractivity contribution is 9.10. The monoisotopic (exact) mass is 515 g/mol. The quantitative estimate of drug-likeness (QED) is 0.432. The Morgan fingerprint density at radius 1 is 1.10 bits per heavy atom. The Kier molecular flexibility index (Phi) is 6.63. The first-order valence-corrected chi connectivity index (χ1v) is 11.8. The molecule has 0 aliphatic rings. The number of aromatic nitrogens is 2. The molecule has 9 heteroatoms. The summed E-state index contributed by atoms with van der Waals surface area (Å²) in [5.41, 5.74) is 2.92. The Labute approximate surface area is 189 Å². The molecule has 2 aromatic carbocycles. The van der Waals surface area contributed by atoms with Crippen LogP contribution in [0.5, 0.6) is 0 Å². The first-order chi connectivity index (χ1) is 13.6. The fourth-order valence-corrected chi connectivity index (χ4v) is 6.70. The lowest BCUT2D eigenvalue weighted by molar-refractivity contribution is 0.590. The highest BCUT2D eigenvalue weighted by atomic mass is 79.9. The summed E-state index contributed by atoms with van der Waals surface area (Å²) in [5.74, 6) is 0. The Bertz CT molecular complexity index is 1130. The summed E-state index contributed by atoms with van der Waals surface area (Å²) < 4.78 is 31.1. The lowest BCUT2D eigenvalue weighted by Crippen LogP contribution is -2.34. The van der Waals surface area contributed by atoms with Gasteiger partial charge in [-0.3, -0.25) is 8.99 Å². The number of aryl methyl sites for hydroxylation is 2. The van der Waals surface area contributed by atoms with Gasteiger partial charge in [0.15, 0.2) is 0 Å². The van der Waals surface area contributed by atoms with Gasteiger partial charge in [0.1, 0.15) is 4.90 Å². The predicted octanol–water partition coefficient (Wildman–Crippen LogP) is 5.54. The Morgan fingerprint density at radius 3 is 2.21 bits per heavy atom. The minimum atomic E-state index is -4.04. The van der Waals surface area contributed by atoms with Gasteiger partial charge in [-0.2, -0.15) is 5.10 Å². The van der Waals surface area contributed by atoms with Crippen LogP contribution in [0.2, 0.25) is 10.0 Å². The van der Waals surface area contributed by atoms with E-state index in [9.17, 15) is 8.42 Å². The van der Waals surface area contributed by atoms with Crippen LogP contribution in [-0.4, -0.2) is 24.7 Å². The zero-order chi connectivity index (χ0) is 21.3. The van der Waals surface area contributed by atoms with E-state index >= 15 is 0 Å². The van der Waals surface area contributed by atoms with Crippen molar-refractivity contribution in [1.29, 1.82) is 0 Å². The molecule has 154 valence electrons. The van der Waals surface area contributed by atoms with Gasteiger partial charge in [-0.1, -0.05) is 69.5 Å².